The van der Waals surface area contributed by atoms with Gasteiger partial charge in [-0.2, -0.15) is 0 Å². The number of allylic oxidation sites excluding steroid dienone is 1. The molecule has 0 aliphatic heterocycles. The van der Waals surface area contributed by atoms with Crippen LogP contribution in [0.4, 0.5) is 0 Å². The Labute approximate surface area is 97.0 Å². The van der Waals surface area contributed by atoms with Gasteiger partial charge in [-0.05, 0) is 10.9 Å². The second-order valence-corrected chi connectivity index (χ2v) is 3.94. The summed E-state index contributed by atoms with van der Waals surface area (Å²) in [6, 6.07) is 10.8. The van der Waals surface area contributed by atoms with Gasteiger partial charge in [0.1, 0.15) is 0 Å². The molecule has 3 heteroatoms. The zero-order chi connectivity index (χ0) is 12.0. The molecule has 1 N–H and O–H groups in total. The highest BCUT2D eigenvalue weighted by atomic mass is 16.4. The fourth-order valence-corrected chi connectivity index (χ4v) is 2.23. The summed E-state index contributed by atoms with van der Waals surface area (Å²) in [5.41, 5.74) is 1.26. The van der Waals surface area contributed by atoms with Gasteiger partial charge in [0, 0.05) is 17.0 Å². The molecule has 0 amide bonds. The Hall–Kier alpha value is -2.42. The van der Waals surface area contributed by atoms with Crippen molar-refractivity contribution in [3.05, 3.63) is 53.6 Å². The molecule has 0 saturated carbocycles. The number of carboxylic acid groups (broad SMARTS) is 1. The number of ketones is 1. The molecular formula is C14H8O3. The first kappa shape index (κ1) is 9.78. The Morgan fingerprint density at radius 2 is 1.65 bits per heavy atom. The van der Waals surface area contributed by atoms with Gasteiger partial charge in [0.2, 0.25) is 0 Å². The molecule has 0 saturated heterocycles. The summed E-state index contributed by atoms with van der Waals surface area (Å²) in [5.74, 6) is -1.31. The lowest BCUT2D eigenvalue weighted by molar-refractivity contribution is -0.130. The molecule has 0 fully saturated rings. The van der Waals surface area contributed by atoms with Gasteiger partial charge in [-0.15, -0.1) is 0 Å². The zero-order valence-electron chi connectivity index (χ0n) is 8.81. The van der Waals surface area contributed by atoms with E-state index < -0.39 is 5.97 Å². The molecule has 82 valence electrons. The summed E-state index contributed by atoms with van der Waals surface area (Å²) in [6.45, 7) is 0. The fraction of sp³-hybridized carbons (Fsp3) is 0. The normalized spacial score (nSPS) is 13.6. The molecule has 17 heavy (non-hydrogen) atoms. The van der Waals surface area contributed by atoms with E-state index in [1.54, 1.807) is 24.3 Å². The fourth-order valence-electron chi connectivity index (χ4n) is 2.23. The van der Waals surface area contributed by atoms with E-state index in [4.69, 9.17) is 5.11 Å². The number of rotatable bonds is 1. The maximum absolute atomic E-state index is 11.8. The highest BCUT2D eigenvalue weighted by Crippen LogP contribution is 2.32. The summed E-state index contributed by atoms with van der Waals surface area (Å²) in [5, 5.41) is 10.7. The number of carboxylic acids is 1. The van der Waals surface area contributed by atoms with E-state index in [9.17, 15) is 9.59 Å². The smallest absolute Gasteiger partial charge is 0.336 e. The lowest BCUT2D eigenvalue weighted by atomic mass is 9.87. The molecule has 0 heterocycles. The van der Waals surface area contributed by atoms with Crippen LogP contribution >= 0.6 is 0 Å². The second-order valence-electron chi connectivity index (χ2n) is 3.94. The minimum absolute atomic E-state index is 0.0688. The third kappa shape index (κ3) is 1.29. The van der Waals surface area contributed by atoms with Gasteiger partial charge < -0.3 is 5.11 Å². The molecule has 0 radical (unpaired) electrons. The molecule has 2 aromatic rings. The average Bonchev–Trinajstić information content (AvgIpc) is 2.33. The highest BCUT2D eigenvalue weighted by Gasteiger charge is 2.23. The van der Waals surface area contributed by atoms with Crippen LogP contribution < -0.4 is 0 Å². The van der Waals surface area contributed by atoms with Crippen LogP contribution in [0.5, 0.6) is 0 Å². The topological polar surface area (TPSA) is 54.4 Å². The Kier molecular flexibility index (Phi) is 1.89. The molecule has 0 atom stereocenters. The van der Waals surface area contributed by atoms with Crippen molar-refractivity contribution in [2.75, 3.05) is 0 Å². The van der Waals surface area contributed by atoms with Crippen LogP contribution in [-0.2, 0) is 4.79 Å². The van der Waals surface area contributed by atoms with E-state index in [0.717, 1.165) is 10.8 Å². The maximum atomic E-state index is 11.8. The Morgan fingerprint density at radius 3 is 2.29 bits per heavy atom. The molecule has 1 aliphatic rings. The molecule has 2 aromatic carbocycles. The Bertz CT molecular complexity index is 690. The molecular weight excluding hydrogens is 216 g/mol. The van der Waals surface area contributed by atoms with Gasteiger partial charge in [-0.3, -0.25) is 4.79 Å². The lowest BCUT2D eigenvalue weighted by Gasteiger charge is -2.15. The molecule has 0 aromatic heterocycles. The van der Waals surface area contributed by atoms with Crippen molar-refractivity contribution in [1.82, 2.24) is 0 Å². The van der Waals surface area contributed by atoms with Crippen molar-refractivity contribution in [1.29, 1.82) is 0 Å². The third-order valence-corrected chi connectivity index (χ3v) is 2.97. The number of benzene rings is 2. The van der Waals surface area contributed by atoms with Gasteiger partial charge in [-0.25, -0.2) is 4.79 Å². The standard InChI is InChI=1S/C14H8O3/c15-12-7-11(14(16)17)9-5-1-3-8-4-2-6-10(12)13(8)9/h1-7H,(H,16,17). The predicted octanol–water partition coefficient (Wildman–Crippen LogP) is 2.50. The van der Waals surface area contributed by atoms with E-state index in [1.165, 1.54) is 6.08 Å². The Morgan fingerprint density at radius 1 is 1.00 bits per heavy atom. The molecule has 0 bridgehead atoms. The summed E-state index contributed by atoms with van der Waals surface area (Å²) in [7, 11) is 0. The molecule has 3 rings (SSSR count). The summed E-state index contributed by atoms with van der Waals surface area (Å²) < 4.78 is 0. The van der Waals surface area contributed by atoms with Crippen molar-refractivity contribution in [2.24, 2.45) is 0 Å². The summed E-state index contributed by atoms with van der Waals surface area (Å²) in [4.78, 5) is 23.0. The first-order valence-electron chi connectivity index (χ1n) is 5.20. The van der Waals surface area contributed by atoms with Gasteiger partial charge >= 0.3 is 5.97 Å². The van der Waals surface area contributed by atoms with Crippen LogP contribution in [0.15, 0.2) is 42.5 Å². The molecule has 0 unspecified atom stereocenters. The number of carbonyl (C=O) groups is 2. The first-order chi connectivity index (χ1) is 8.18. The van der Waals surface area contributed by atoms with Gasteiger partial charge in [0.15, 0.2) is 5.78 Å². The van der Waals surface area contributed by atoms with E-state index in [2.05, 4.69) is 0 Å². The van der Waals surface area contributed by atoms with Crippen molar-refractivity contribution < 1.29 is 14.7 Å². The largest absolute Gasteiger partial charge is 0.478 e. The third-order valence-electron chi connectivity index (χ3n) is 2.97. The van der Waals surface area contributed by atoms with Crippen LogP contribution in [0.3, 0.4) is 0 Å². The van der Waals surface area contributed by atoms with Crippen LogP contribution in [0.1, 0.15) is 15.9 Å². The number of hydrogen-bond acceptors (Lipinski definition) is 2. The van der Waals surface area contributed by atoms with Gasteiger partial charge in [0.25, 0.3) is 0 Å². The van der Waals surface area contributed by atoms with E-state index in [0.29, 0.717) is 11.1 Å². The number of carbonyl (C=O) groups excluding carboxylic acids is 1. The van der Waals surface area contributed by atoms with Crippen LogP contribution in [0.2, 0.25) is 0 Å². The second kappa shape index (κ2) is 3.28. The molecule has 0 spiro atoms. The predicted molar refractivity (Wildman–Crippen MR) is 63.9 cm³/mol. The number of hydrogen-bond donors (Lipinski definition) is 1. The SMILES string of the molecule is O=C(O)C1=CC(=O)c2cccc3cccc1c23. The van der Waals surface area contributed by atoms with Crippen molar-refractivity contribution in [3.63, 3.8) is 0 Å². The lowest BCUT2D eigenvalue weighted by Crippen LogP contribution is -2.10. The summed E-state index contributed by atoms with van der Waals surface area (Å²) in [6.07, 6.45) is 1.19. The maximum Gasteiger partial charge on any atom is 0.336 e. The van der Waals surface area contributed by atoms with Gasteiger partial charge in [-0.1, -0.05) is 36.4 Å². The summed E-state index contributed by atoms with van der Waals surface area (Å²) >= 11 is 0. The molecule has 3 nitrogen and oxygen atoms in total. The van der Waals surface area contributed by atoms with Crippen molar-refractivity contribution in [2.45, 2.75) is 0 Å². The van der Waals surface area contributed by atoms with Crippen molar-refractivity contribution in [3.8, 4) is 0 Å². The van der Waals surface area contributed by atoms with Crippen LogP contribution in [0, 0.1) is 0 Å². The Balaban J connectivity index is 2.48. The monoisotopic (exact) mass is 224 g/mol. The zero-order valence-corrected chi connectivity index (χ0v) is 8.81. The first-order valence-corrected chi connectivity index (χ1v) is 5.20. The van der Waals surface area contributed by atoms with Gasteiger partial charge in [0.05, 0.1) is 5.57 Å². The van der Waals surface area contributed by atoms with Crippen molar-refractivity contribution >= 4 is 28.1 Å². The van der Waals surface area contributed by atoms with Crippen LogP contribution in [0.25, 0.3) is 16.3 Å². The quantitative estimate of drug-likeness (QED) is 0.809. The molecule has 1 aliphatic carbocycles. The van der Waals surface area contributed by atoms with Crippen LogP contribution in [-0.4, -0.2) is 16.9 Å². The highest BCUT2D eigenvalue weighted by molar-refractivity contribution is 6.32. The average molecular weight is 224 g/mol. The number of aliphatic carboxylic acids is 1. The minimum atomic E-state index is -1.07. The van der Waals surface area contributed by atoms with E-state index in [1.807, 2.05) is 12.1 Å². The van der Waals surface area contributed by atoms with E-state index >= 15 is 0 Å². The minimum Gasteiger partial charge on any atom is -0.478 e. The van der Waals surface area contributed by atoms with E-state index in [-0.39, 0.29) is 11.4 Å².